The summed E-state index contributed by atoms with van der Waals surface area (Å²) in [6, 6.07) is 15.2. The van der Waals surface area contributed by atoms with Gasteiger partial charge in [0.25, 0.3) is 5.91 Å². The second-order valence-corrected chi connectivity index (χ2v) is 13.6. The van der Waals surface area contributed by atoms with Gasteiger partial charge >= 0.3 is 0 Å². The lowest BCUT2D eigenvalue weighted by atomic mass is 9.78. The molecule has 3 unspecified atom stereocenters. The van der Waals surface area contributed by atoms with Gasteiger partial charge in [-0.2, -0.15) is 0 Å². The number of fused-ring (bicyclic) bond motifs is 2. The number of benzene rings is 2. The van der Waals surface area contributed by atoms with Gasteiger partial charge in [0.1, 0.15) is 11.2 Å². The van der Waals surface area contributed by atoms with E-state index in [9.17, 15) is 22.8 Å². The normalized spacial score (nSPS) is 23.4. The Labute approximate surface area is 260 Å². The average molecular weight is 627 g/mol. The maximum absolute atomic E-state index is 13.6. The predicted molar refractivity (Wildman–Crippen MR) is 161 cm³/mol. The van der Waals surface area contributed by atoms with Crippen molar-refractivity contribution in [1.82, 2.24) is 19.9 Å². The van der Waals surface area contributed by atoms with Crippen LogP contribution in [0.2, 0.25) is 0 Å². The highest BCUT2D eigenvalue weighted by Crippen LogP contribution is 2.54. The van der Waals surface area contributed by atoms with Crippen molar-refractivity contribution in [1.29, 1.82) is 0 Å². The molecular weight excluding hydrogens is 596 g/mol. The third-order valence-electron chi connectivity index (χ3n) is 8.88. The van der Waals surface area contributed by atoms with Gasteiger partial charge < -0.3 is 14.4 Å². The third-order valence-corrected chi connectivity index (χ3v) is 10.4. The topological polar surface area (TPSA) is 144 Å². The molecule has 0 spiro atoms. The quantitative estimate of drug-likeness (QED) is 0.287. The van der Waals surface area contributed by atoms with E-state index in [-0.39, 0.29) is 46.8 Å². The third kappa shape index (κ3) is 5.22. The number of rotatable bonds is 8. The molecule has 4 aliphatic rings. The van der Waals surface area contributed by atoms with Crippen molar-refractivity contribution >= 4 is 27.7 Å². The van der Waals surface area contributed by atoms with Gasteiger partial charge in [0.2, 0.25) is 21.8 Å². The zero-order valence-electron chi connectivity index (χ0n) is 24.6. The van der Waals surface area contributed by atoms with Gasteiger partial charge in [0, 0.05) is 36.2 Å². The minimum atomic E-state index is -3.60. The molecule has 45 heavy (non-hydrogen) atoms. The number of ether oxygens (including phenoxy) is 2. The Morgan fingerprint density at radius 2 is 1.82 bits per heavy atom. The van der Waals surface area contributed by atoms with E-state index in [0.29, 0.717) is 41.3 Å². The van der Waals surface area contributed by atoms with Gasteiger partial charge in [0.15, 0.2) is 11.4 Å². The number of imide groups is 1. The first kappa shape index (κ1) is 29.0. The Bertz CT molecular complexity index is 1930. The highest BCUT2D eigenvalue weighted by atomic mass is 32.2. The molecule has 3 heterocycles. The summed E-state index contributed by atoms with van der Waals surface area (Å²) < 4.78 is 38.7. The molecule has 2 N–H and O–H groups in total. The van der Waals surface area contributed by atoms with E-state index >= 15 is 0 Å². The summed E-state index contributed by atoms with van der Waals surface area (Å²) >= 11 is 0. The summed E-state index contributed by atoms with van der Waals surface area (Å²) in [5.41, 5.74) is 1.45. The first-order valence-electron chi connectivity index (χ1n) is 14.6. The molecule has 2 aromatic carbocycles. The maximum Gasteiger partial charge on any atom is 0.254 e. The Morgan fingerprint density at radius 3 is 2.53 bits per heavy atom. The molecule has 3 aromatic rings. The predicted octanol–water partition coefficient (Wildman–Crippen LogP) is 2.49. The van der Waals surface area contributed by atoms with Crippen LogP contribution >= 0.6 is 0 Å². The van der Waals surface area contributed by atoms with E-state index in [2.05, 4.69) is 21.9 Å². The van der Waals surface area contributed by atoms with Crippen molar-refractivity contribution in [2.75, 3.05) is 20.8 Å². The lowest BCUT2D eigenvalue weighted by molar-refractivity contribution is -0.140. The lowest BCUT2D eigenvalue weighted by Crippen LogP contribution is -2.55. The molecule has 0 radical (unpaired) electrons. The van der Waals surface area contributed by atoms with Crippen LogP contribution in [0.3, 0.4) is 0 Å². The summed E-state index contributed by atoms with van der Waals surface area (Å²) in [5, 5.41) is 2.48. The molecule has 1 aromatic heterocycles. The van der Waals surface area contributed by atoms with Crippen molar-refractivity contribution in [2.24, 2.45) is 17.3 Å². The molecule has 3 fully saturated rings. The second kappa shape index (κ2) is 10.7. The minimum absolute atomic E-state index is 0.0000619. The van der Waals surface area contributed by atoms with E-state index in [1.165, 1.54) is 26.4 Å². The van der Waals surface area contributed by atoms with Crippen LogP contribution in [0.25, 0.3) is 11.3 Å². The van der Waals surface area contributed by atoms with E-state index in [1.807, 2.05) is 6.07 Å². The monoisotopic (exact) mass is 626 g/mol. The molecule has 2 saturated carbocycles. The largest absolute Gasteiger partial charge is 0.497 e. The zero-order valence-corrected chi connectivity index (χ0v) is 25.4. The van der Waals surface area contributed by atoms with Crippen LogP contribution in [0.15, 0.2) is 59.5 Å². The summed E-state index contributed by atoms with van der Waals surface area (Å²) in [6.45, 7) is 0.308. The fourth-order valence-electron chi connectivity index (χ4n) is 6.11. The summed E-state index contributed by atoms with van der Waals surface area (Å²) in [6.07, 6.45) is 2.17. The fraction of sp³-hybridized carbons (Fsp3) is 0.333. The molecular formula is C33H30N4O7S. The summed E-state index contributed by atoms with van der Waals surface area (Å²) in [5.74, 6) is 5.36. The van der Waals surface area contributed by atoms with Crippen LogP contribution in [0.4, 0.5) is 0 Å². The van der Waals surface area contributed by atoms with E-state index in [1.54, 1.807) is 41.3 Å². The van der Waals surface area contributed by atoms with Gasteiger partial charge in [-0.3, -0.25) is 19.7 Å². The van der Waals surface area contributed by atoms with Crippen molar-refractivity contribution in [2.45, 2.75) is 36.7 Å². The number of aromatic nitrogens is 1. The molecule has 11 nitrogen and oxygen atoms in total. The molecule has 2 aliphatic carbocycles. The smallest absolute Gasteiger partial charge is 0.254 e. The fourth-order valence-corrected chi connectivity index (χ4v) is 7.42. The Kier molecular flexibility index (Phi) is 6.91. The van der Waals surface area contributed by atoms with Crippen LogP contribution in [0.1, 0.15) is 40.9 Å². The van der Waals surface area contributed by atoms with Gasteiger partial charge in [0.05, 0.1) is 24.8 Å². The lowest BCUT2D eigenvalue weighted by Gasteiger charge is -2.34. The molecule has 12 heteroatoms. The first-order chi connectivity index (χ1) is 21.6. The number of hydrogen-bond acceptors (Lipinski definition) is 8. The molecule has 0 bridgehead atoms. The Balaban J connectivity index is 1.21. The minimum Gasteiger partial charge on any atom is -0.497 e. The SMILES string of the molecule is COc1ccc2c(c1)C(=O)N(CC1(C#Cc3nc(-c4ccc(S(=O)(=O)NC5CC5)cc4)ccc3OC)C(=O)NC(=O)C3CC31)C2. The van der Waals surface area contributed by atoms with Crippen LogP contribution in [0.5, 0.6) is 11.5 Å². The number of hydrogen-bond donors (Lipinski definition) is 2. The van der Waals surface area contributed by atoms with Crippen LogP contribution in [0, 0.1) is 29.1 Å². The summed E-state index contributed by atoms with van der Waals surface area (Å²) in [4.78, 5) is 45.9. The van der Waals surface area contributed by atoms with E-state index in [4.69, 9.17) is 14.5 Å². The van der Waals surface area contributed by atoms with Gasteiger partial charge in [-0.15, -0.1) is 0 Å². The van der Waals surface area contributed by atoms with E-state index in [0.717, 1.165) is 18.4 Å². The molecule has 3 amide bonds. The molecule has 3 atom stereocenters. The average Bonchev–Trinajstić information content (AvgIpc) is 3.98. The Hall–Kier alpha value is -4.73. The number of carbonyl (C=O) groups excluding carboxylic acids is 3. The number of sulfonamides is 1. The van der Waals surface area contributed by atoms with Gasteiger partial charge in [-0.1, -0.05) is 24.1 Å². The zero-order chi connectivity index (χ0) is 31.5. The number of nitrogens with zero attached hydrogens (tertiary/aromatic N) is 2. The van der Waals surface area contributed by atoms with Gasteiger partial charge in [-0.05, 0) is 73.1 Å². The summed E-state index contributed by atoms with van der Waals surface area (Å²) in [7, 11) is -0.577. The molecule has 7 rings (SSSR count). The van der Waals surface area contributed by atoms with Crippen molar-refractivity contribution in [3.63, 3.8) is 0 Å². The standard InChI is InChI=1S/C33H30N4O7S/c1-43-22-8-3-20-17-37(31(39)24(20)15-22)18-33(26-16-25(26)30(38)35-32(33)40)14-13-28-29(44-2)12-11-27(34-28)19-4-9-23(10-5-19)45(41,42)36-21-6-7-21/h3-5,8-12,15,21,25-26,36H,6-7,16-18H2,1-2H3,(H,35,38,40). The van der Waals surface area contributed by atoms with Crippen LogP contribution in [-0.2, 0) is 26.2 Å². The van der Waals surface area contributed by atoms with E-state index < -0.39 is 21.3 Å². The highest BCUT2D eigenvalue weighted by molar-refractivity contribution is 7.89. The molecule has 2 aliphatic heterocycles. The first-order valence-corrected chi connectivity index (χ1v) is 16.1. The maximum atomic E-state index is 13.6. The van der Waals surface area contributed by atoms with Gasteiger partial charge in [-0.25, -0.2) is 18.1 Å². The number of amides is 3. The van der Waals surface area contributed by atoms with Crippen molar-refractivity contribution in [3.05, 3.63) is 71.4 Å². The molecule has 230 valence electrons. The Morgan fingerprint density at radius 1 is 1.04 bits per heavy atom. The number of methoxy groups -OCH3 is 2. The van der Waals surface area contributed by atoms with Crippen LogP contribution in [-0.4, -0.2) is 62.8 Å². The highest BCUT2D eigenvalue weighted by Gasteiger charge is 2.64. The number of pyridine rings is 1. The van der Waals surface area contributed by atoms with Crippen molar-refractivity contribution < 1.29 is 32.3 Å². The molecule has 1 saturated heterocycles. The second-order valence-electron chi connectivity index (χ2n) is 11.8. The van der Waals surface area contributed by atoms with Crippen LogP contribution < -0.4 is 19.5 Å². The number of nitrogens with one attached hydrogen (secondary N) is 2. The number of piperidine rings is 1. The number of carbonyl (C=O) groups is 3. The van der Waals surface area contributed by atoms with Crippen molar-refractivity contribution in [3.8, 4) is 34.6 Å².